The lowest BCUT2D eigenvalue weighted by Crippen LogP contribution is -2.31. The molecule has 2 atom stereocenters. The maximum Gasteiger partial charge on any atom is 0.111 e. The van der Waals surface area contributed by atoms with Crippen LogP contribution in [0, 0.1) is 5.92 Å². The topological polar surface area (TPSA) is 43.8 Å². The summed E-state index contributed by atoms with van der Waals surface area (Å²) >= 11 is 0. The van der Waals surface area contributed by atoms with Gasteiger partial charge in [-0.2, -0.15) is 0 Å². The summed E-state index contributed by atoms with van der Waals surface area (Å²) in [5.74, 6) is 1.67. The number of nitrogens with zero attached hydrogens (tertiary/aromatic N) is 2. The number of para-hydroxylation sites is 2. The van der Waals surface area contributed by atoms with E-state index in [-0.39, 0.29) is 6.04 Å². The largest absolute Gasteiger partial charge is 0.328 e. The van der Waals surface area contributed by atoms with Crippen molar-refractivity contribution in [2.45, 2.75) is 52.6 Å². The van der Waals surface area contributed by atoms with Gasteiger partial charge in [0.15, 0.2) is 0 Å². The van der Waals surface area contributed by atoms with E-state index in [0.29, 0.717) is 5.92 Å². The molecular formula is C16H25N3. The van der Waals surface area contributed by atoms with E-state index >= 15 is 0 Å². The molecule has 1 heterocycles. The van der Waals surface area contributed by atoms with Gasteiger partial charge in [-0.05, 0) is 24.5 Å². The first-order valence-electron chi connectivity index (χ1n) is 7.37. The van der Waals surface area contributed by atoms with Gasteiger partial charge in [0.1, 0.15) is 5.82 Å². The van der Waals surface area contributed by atoms with Crippen molar-refractivity contribution in [1.29, 1.82) is 0 Å². The Hall–Kier alpha value is -1.35. The van der Waals surface area contributed by atoms with E-state index in [2.05, 4.69) is 43.5 Å². The summed E-state index contributed by atoms with van der Waals surface area (Å²) in [4.78, 5) is 4.77. The molecule has 2 N–H and O–H groups in total. The summed E-state index contributed by atoms with van der Waals surface area (Å²) in [6, 6.07) is 8.55. The second kappa shape index (κ2) is 6.20. The Morgan fingerprint density at radius 2 is 2.00 bits per heavy atom. The van der Waals surface area contributed by atoms with Crippen molar-refractivity contribution < 1.29 is 0 Å². The molecule has 0 bridgehead atoms. The van der Waals surface area contributed by atoms with Crippen molar-refractivity contribution >= 4 is 11.0 Å². The van der Waals surface area contributed by atoms with Crippen LogP contribution in [0.2, 0.25) is 0 Å². The Balaban J connectivity index is 2.33. The minimum absolute atomic E-state index is 0.192. The summed E-state index contributed by atoms with van der Waals surface area (Å²) in [5, 5.41) is 0. The van der Waals surface area contributed by atoms with Gasteiger partial charge >= 0.3 is 0 Å². The molecule has 0 aliphatic rings. The molecule has 0 saturated carbocycles. The van der Waals surface area contributed by atoms with Gasteiger partial charge in [0.05, 0.1) is 11.0 Å². The van der Waals surface area contributed by atoms with E-state index < -0.39 is 0 Å². The number of hydrogen-bond donors (Lipinski definition) is 1. The van der Waals surface area contributed by atoms with Crippen LogP contribution in [0.3, 0.4) is 0 Å². The van der Waals surface area contributed by atoms with Crippen LogP contribution in [0.15, 0.2) is 24.3 Å². The molecule has 104 valence electrons. The number of fused-ring (bicyclic) bond motifs is 1. The first-order chi connectivity index (χ1) is 9.17. The molecule has 2 unspecified atom stereocenters. The predicted octanol–water partition coefficient (Wildman–Crippen LogP) is 3.36. The van der Waals surface area contributed by atoms with E-state index in [1.165, 1.54) is 5.52 Å². The van der Waals surface area contributed by atoms with E-state index in [0.717, 1.165) is 37.1 Å². The molecule has 3 nitrogen and oxygen atoms in total. The molecule has 0 saturated heterocycles. The lowest BCUT2D eigenvalue weighted by molar-refractivity contribution is 0.428. The first kappa shape index (κ1) is 14.1. The summed E-state index contributed by atoms with van der Waals surface area (Å²) in [5.41, 5.74) is 8.61. The standard InChI is InChI=1S/C16H25N3/c1-4-10-19-15-9-7-6-8-14(15)18-16(19)11-13(17)12(3)5-2/h6-9,12-13H,4-5,10-11,17H2,1-3H3. The fraction of sp³-hybridized carbons (Fsp3) is 0.562. The zero-order valence-electron chi connectivity index (χ0n) is 12.3. The van der Waals surface area contributed by atoms with Gasteiger partial charge in [-0.1, -0.05) is 39.3 Å². The molecule has 0 spiro atoms. The van der Waals surface area contributed by atoms with E-state index in [1.54, 1.807) is 0 Å². The van der Waals surface area contributed by atoms with Crippen molar-refractivity contribution in [2.24, 2.45) is 11.7 Å². The van der Waals surface area contributed by atoms with Gasteiger partial charge in [0.25, 0.3) is 0 Å². The Morgan fingerprint density at radius 1 is 1.26 bits per heavy atom. The van der Waals surface area contributed by atoms with Crippen molar-refractivity contribution in [3.63, 3.8) is 0 Å². The molecular weight excluding hydrogens is 234 g/mol. The normalized spacial score (nSPS) is 14.7. The molecule has 3 heteroatoms. The Kier molecular flexibility index (Phi) is 4.59. The number of aromatic nitrogens is 2. The predicted molar refractivity (Wildman–Crippen MR) is 81.2 cm³/mol. The fourth-order valence-corrected chi connectivity index (χ4v) is 2.47. The summed E-state index contributed by atoms with van der Waals surface area (Å²) in [6.45, 7) is 7.63. The number of imidazole rings is 1. The lowest BCUT2D eigenvalue weighted by Gasteiger charge is -2.18. The second-order valence-corrected chi connectivity index (χ2v) is 5.42. The zero-order chi connectivity index (χ0) is 13.8. The summed E-state index contributed by atoms with van der Waals surface area (Å²) < 4.78 is 2.33. The van der Waals surface area contributed by atoms with Crippen molar-refractivity contribution in [3.05, 3.63) is 30.1 Å². The van der Waals surface area contributed by atoms with Crippen LogP contribution in [0.1, 0.15) is 39.4 Å². The van der Waals surface area contributed by atoms with E-state index in [1.807, 2.05) is 6.07 Å². The Labute approximate surface area is 115 Å². The van der Waals surface area contributed by atoms with E-state index in [9.17, 15) is 0 Å². The molecule has 1 aromatic carbocycles. The zero-order valence-corrected chi connectivity index (χ0v) is 12.3. The third kappa shape index (κ3) is 2.98. The quantitative estimate of drug-likeness (QED) is 0.864. The number of benzene rings is 1. The van der Waals surface area contributed by atoms with Gasteiger partial charge in [-0.15, -0.1) is 0 Å². The van der Waals surface area contributed by atoms with Crippen LogP contribution in [0.4, 0.5) is 0 Å². The minimum Gasteiger partial charge on any atom is -0.328 e. The molecule has 0 aliphatic heterocycles. The van der Waals surface area contributed by atoms with Crippen LogP contribution in [0.5, 0.6) is 0 Å². The van der Waals surface area contributed by atoms with Gasteiger partial charge in [0.2, 0.25) is 0 Å². The highest BCUT2D eigenvalue weighted by Gasteiger charge is 2.16. The number of nitrogens with two attached hydrogens (primary N) is 1. The molecule has 2 aromatic rings. The first-order valence-corrected chi connectivity index (χ1v) is 7.37. The highest BCUT2D eigenvalue weighted by Crippen LogP contribution is 2.19. The maximum atomic E-state index is 6.29. The number of rotatable bonds is 6. The number of aryl methyl sites for hydroxylation is 1. The third-order valence-electron chi connectivity index (χ3n) is 3.97. The van der Waals surface area contributed by atoms with Gasteiger partial charge in [0, 0.05) is 19.0 Å². The van der Waals surface area contributed by atoms with Gasteiger partial charge < -0.3 is 10.3 Å². The molecule has 0 amide bonds. The van der Waals surface area contributed by atoms with Crippen LogP contribution in [-0.4, -0.2) is 15.6 Å². The smallest absolute Gasteiger partial charge is 0.111 e. The molecule has 2 rings (SSSR count). The van der Waals surface area contributed by atoms with Crippen molar-refractivity contribution in [2.75, 3.05) is 0 Å². The molecule has 0 fully saturated rings. The lowest BCUT2D eigenvalue weighted by atomic mass is 9.97. The Morgan fingerprint density at radius 3 is 2.68 bits per heavy atom. The molecule has 0 aliphatic carbocycles. The maximum absolute atomic E-state index is 6.29. The highest BCUT2D eigenvalue weighted by molar-refractivity contribution is 5.75. The minimum atomic E-state index is 0.192. The monoisotopic (exact) mass is 259 g/mol. The van der Waals surface area contributed by atoms with Crippen LogP contribution in [0.25, 0.3) is 11.0 Å². The molecule has 1 aromatic heterocycles. The number of hydrogen-bond acceptors (Lipinski definition) is 2. The SMILES string of the molecule is CCCn1c(CC(N)C(C)CC)nc2ccccc21. The van der Waals surface area contributed by atoms with Gasteiger partial charge in [-0.25, -0.2) is 4.98 Å². The second-order valence-electron chi connectivity index (χ2n) is 5.42. The average molecular weight is 259 g/mol. The third-order valence-corrected chi connectivity index (χ3v) is 3.97. The van der Waals surface area contributed by atoms with Crippen LogP contribution < -0.4 is 5.73 Å². The van der Waals surface area contributed by atoms with Crippen LogP contribution in [-0.2, 0) is 13.0 Å². The Bertz CT molecular complexity index is 530. The highest BCUT2D eigenvalue weighted by atomic mass is 15.1. The molecule has 19 heavy (non-hydrogen) atoms. The summed E-state index contributed by atoms with van der Waals surface area (Å²) in [7, 11) is 0. The van der Waals surface area contributed by atoms with Crippen molar-refractivity contribution in [3.8, 4) is 0 Å². The van der Waals surface area contributed by atoms with E-state index in [4.69, 9.17) is 10.7 Å². The fourth-order valence-electron chi connectivity index (χ4n) is 2.47. The average Bonchev–Trinajstić information content (AvgIpc) is 2.76. The van der Waals surface area contributed by atoms with Gasteiger partial charge in [-0.3, -0.25) is 0 Å². The summed E-state index contributed by atoms with van der Waals surface area (Å²) in [6.07, 6.45) is 3.10. The van der Waals surface area contributed by atoms with Crippen molar-refractivity contribution in [1.82, 2.24) is 9.55 Å². The van der Waals surface area contributed by atoms with Crippen LogP contribution >= 0.6 is 0 Å². The molecule has 0 radical (unpaired) electrons.